The first-order valence-electron chi connectivity index (χ1n) is 12.3. The minimum Gasteiger partial charge on any atom is -0.465 e. The molecular formula is C28H35N3O3. The molecule has 0 aromatic heterocycles. The van der Waals surface area contributed by atoms with E-state index >= 15 is 0 Å². The maximum absolute atomic E-state index is 13.6. The van der Waals surface area contributed by atoms with Gasteiger partial charge in [0.2, 0.25) is 0 Å². The number of nitrogens with zero attached hydrogens (tertiary/aromatic N) is 3. The van der Waals surface area contributed by atoms with Crippen molar-refractivity contribution in [2.45, 2.75) is 65.5 Å². The van der Waals surface area contributed by atoms with Crippen LogP contribution >= 0.6 is 0 Å². The molecule has 2 atom stereocenters. The van der Waals surface area contributed by atoms with E-state index < -0.39 is 0 Å². The molecule has 34 heavy (non-hydrogen) atoms. The third-order valence-electron chi connectivity index (χ3n) is 6.84. The Balaban J connectivity index is 1.62. The largest absolute Gasteiger partial charge is 0.465 e. The Hall–Kier alpha value is -2.99. The maximum Gasteiger partial charge on any atom is 0.323 e. The minimum absolute atomic E-state index is 0.0814. The fourth-order valence-electron chi connectivity index (χ4n) is 4.93. The summed E-state index contributed by atoms with van der Waals surface area (Å²) in [4.78, 5) is 28.1. The Morgan fingerprint density at radius 3 is 2.50 bits per heavy atom. The predicted molar refractivity (Wildman–Crippen MR) is 134 cm³/mol. The molecule has 2 aliphatic heterocycles. The van der Waals surface area contributed by atoms with Gasteiger partial charge in [0.15, 0.2) is 0 Å². The molecule has 180 valence electrons. The van der Waals surface area contributed by atoms with Gasteiger partial charge in [-0.15, -0.1) is 0 Å². The minimum atomic E-state index is -0.361. The summed E-state index contributed by atoms with van der Waals surface area (Å²) >= 11 is 0. The number of carbonyl (C=O) groups is 2. The standard InChI is InChI=1S/C28H35N3O3/c1-5-34-28(33)25-8-6-7-15-30(25)18-27(32)31-26(22-13-10-19(2)11-14-22)17-24(29-31)23-16-20(3)9-12-21(23)4/h9-14,16,25-26H,5-8,15,17-18H2,1-4H3/t25-,26-/m1/s1. The van der Waals surface area contributed by atoms with Crippen LogP contribution in [0.15, 0.2) is 47.6 Å². The van der Waals surface area contributed by atoms with E-state index in [9.17, 15) is 9.59 Å². The molecule has 2 heterocycles. The number of esters is 1. The summed E-state index contributed by atoms with van der Waals surface area (Å²) in [7, 11) is 0. The van der Waals surface area contributed by atoms with Crippen LogP contribution in [-0.4, -0.2) is 53.2 Å². The SMILES string of the molecule is CCOC(=O)[C@H]1CCCCN1CC(=O)N1N=C(c2cc(C)ccc2C)C[C@@H]1c1ccc(C)cc1. The second-order valence-corrected chi connectivity index (χ2v) is 9.47. The van der Waals surface area contributed by atoms with Crippen LogP contribution < -0.4 is 0 Å². The number of aryl methyl sites for hydroxylation is 3. The van der Waals surface area contributed by atoms with E-state index in [4.69, 9.17) is 9.84 Å². The molecule has 1 fully saturated rings. The van der Waals surface area contributed by atoms with Crippen LogP contribution in [0.25, 0.3) is 0 Å². The molecule has 2 aliphatic rings. The zero-order valence-electron chi connectivity index (χ0n) is 20.7. The van der Waals surface area contributed by atoms with Crippen molar-refractivity contribution in [2.75, 3.05) is 19.7 Å². The zero-order chi connectivity index (χ0) is 24.2. The maximum atomic E-state index is 13.6. The second kappa shape index (κ2) is 10.5. The van der Waals surface area contributed by atoms with Crippen molar-refractivity contribution >= 4 is 17.6 Å². The monoisotopic (exact) mass is 461 g/mol. The van der Waals surface area contributed by atoms with Crippen molar-refractivity contribution in [3.05, 3.63) is 70.3 Å². The summed E-state index contributed by atoms with van der Waals surface area (Å²) in [5, 5.41) is 6.52. The van der Waals surface area contributed by atoms with Gasteiger partial charge in [-0.2, -0.15) is 5.10 Å². The van der Waals surface area contributed by atoms with Crippen molar-refractivity contribution in [1.82, 2.24) is 9.91 Å². The van der Waals surface area contributed by atoms with Crippen LogP contribution in [0, 0.1) is 20.8 Å². The molecule has 2 aromatic rings. The Bertz CT molecular complexity index is 1080. The Labute approximate surface area is 202 Å². The molecule has 4 rings (SSSR count). The van der Waals surface area contributed by atoms with Gasteiger partial charge in [0, 0.05) is 12.0 Å². The molecule has 0 radical (unpaired) electrons. The van der Waals surface area contributed by atoms with Gasteiger partial charge in [-0.1, -0.05) is 53.9 Å². The van der Waals surface area contributed by atoms with Gasteiger partial charge in [-0.05, 0) is 64.3 Å². The highest BCUT2D eigenvalue weighted by atomic mass is 16.5. The number of carbonyl (C=O) groups excluding carboxylic acids is 2. The number of rotatable bonds is 6. The van der Waals surface area contributed by atoms with Crippen LogP contribution in [0.4, 0.5) is 0 Å². The normalized spacial score (nSPS) is 20.8. The quantitative estimate of drug-likeness (QED) is 0.585. The van der Waals surface area contributed by atoms with Crippen LogP contribution in [-0.2, 0) is 14.3 Å². The average molecular weight is 462 g/mol. The first-order chi connectivity index (χ1) is 16.4. The summed E-state index contributed by atoms with van der Waals surface area (Å²) in [6, 6.07) is 14.2. The molecule has 0 bridgehead atoms. The van der Waals surface area contributed by atoms with Gasteiger partial charge in [0.1, 0.15) is 6.04 Å². The fourth-order valence-corrected chi connectivity index (χ4v) is 4.93. The van der Waals surface area contributed by atoms with Gasteiger partial charge in [-0.3, -0.25) is 14.5 Å². The molecule has 0 unspecified atom stereocenters. The van der Waals surface area contributed by atoms with E-state index in [1.807, 2.05) is 11.8 Å². The number of ether oxygens (including phenoxy) is 1. The van der Waals surface area contributed by atoms with E-state index in [2.05, 4.69) is 63.2 Å². The van der Waals surface area contributed by atoms with Gasteiger partial charge in [0.05, 0.1) is 24.9 Å². The van der Waals surface area contributed by atoms with Crippen molar-refractivity contribution in [3.8, 4) is 0 Å². The van der Waals surface area contributed by atoms with Crippen molar-refractivity contribution in [3.63, 3.8) is 0 Å². The Morgan fingerprint density at radius 2 is 1.76 bits per heavy atom. The number of amides is 1. The highest BCUT2D eigenvalue weighted by Crippen LogP contribution is 2.34. The molecule has 1 saturated heterocycles. The van der Waals surface area contributed by atoms with Gasteiger partial charge in [0.25, 0.3) is 5.91 Å². The topological polar surface area (TPSA) is 62.2 Å². The molecule has 0 saturated carbocycles. The molecule has 0 spiro atoms. The fraction of sp³-hybridized carbons (Fsp3) is 0.464. The molecule has 2 aromatic carbocycles. The van der Waals surface area contributed by atoms with Gasteiger partial charge < -0.3 is 4.74 Å². The number of hydrogen-bond acceptors (Lipinski definition) is 5. The number of likely N-dealkylation sites (tertiary alicyclic amines) is 1. The Morgan fingerprint density at radius 1 is 1.03 bits per heavy atom. The summed E-state index contributed by atoms with van der Waals surface area (Å²) in [6.07, 6.45) is 3.34. The first kappa shape index (κ1) is 24.1. The summed E-state index contributed by atoms with van der Waals surface area (Å²) in [5.74, 6) is -0.312. The van der Waals surface area contributed by atoms with Gasteiger partial charge >= 0.3 is 5.97 Å². The van der Waals surface area contributed by atoms with Gasteiger partial charge in [-0.25, -0.2) is 5.01 Å². The Kier molecular flexibility index (Phi) is 7.47. The van der Waals surface area contributed by atoms with Crippen LogP contribution in [0.5, 0.6) is 0 Å². The van der Waals surface area contributed by atoms with E-state index in [-0.39, 0.29) is 30.5 Å². The number of hydrogen-bond donors (Lipinski definition) is 0. The van der Waals surface area contributed by atoms with E-state index in [0.29, 0.717) is 19.6 Å². The lowest BCUT2D eigenvalue weighted by Crippen LogP contribution is -2.49. The molecule has 1 amide bonds. The van der Waals surface area contributed by atoms with Crippen LogP contribution in [0.1, 0.15) is 66.5 Å². The van der Waals surface area contributed by atoms with E-state index in [1.165, 1.54) is 11.1 Å². The number of hydrazone groups is 1. The molecular weight excluding hydrogens is 426 g/mol. The van der Waals surface area contributed by atoms with Crippen molar-refractivity contribution in [1.29, 1.82) is 0 Å². The molecule has 6 nitrogen and oxygen atoms in total. The highest BCUT2D eigenvalue weighted by Gasteiger charge is 2.37. The summed E-state index contributed by atoms with van der Waals surface area (Å²) < 4.78 is 5.29. The lowest BCUT2D eigenvalue weighted by molar-refractivity contribution is -0.152. The first-order valence-corrected chi connectivity index (χ1v) is 12.3. The molecule has 0 N–H and O–H groups in total. The highest BCUT2D eigenvalue weighted by molar-refractivity contribution is 6.04. The molecule has 0 aliphatic carbocycles. The number of benzene rings is 2. The molecule has 6 heteroatoms. The van der Waals surface area contributed by atoms with E-state index in [1.54, 1.807) is 5.01 Å². The third kappa shape index (κ3) is 5.22. The lowest BCUT2D eigenvalue weighted by atomic mass is 9.94. The third-order valence-corrected chi connectivity index (χ3v) is 6.84. The van der Waals surface area contributed by atoms with E-state index in [0.717, 1.165) is 41.7 Å². The second-order valence-electron chi connectivity index (χ2n) is 9.47. The lowest BCUT2D eigenvalue weighted by Gasteiger charge is -2.34. The summed E-state index contributed by atoms with van der Waals surface area (Å²) in [5.41, 5.74) is 6.60. The average Bonchev–Trinajstić information content (AvgIpc) is 3.27. The smallest absolute Gasteiger partial charge is 0.323 e. The predicted octanol–water partition coefficient (Wildman–Crippen LogP) is 4.71. The zero-order valence-corrected chi connectivity index (χ0v) is 20.7. The number of piperidine rings is 1. The summed E-state index contributed by atoms with van der Waals surface area (Å²) in [6.45, 7) is 9.26. The van der Waals surface area contributed by atoms with Crippen LogP contribution in [0.2, 0.25) is 0 Å². The van der Waals surface area contributed by atoms with Crippen molar-refractivity contribution < 1.29 is 14.3 Å². The van der Waals surface area contributed by atoms with Crippen molar-refractivity contribution in [2.24, 2.45) is 5.10 Å². The van der Waals surface area contributed by atoms with Crippen LogP contribution in [0.3, 0.4) is 0 Å².